The molecule has 1 heterocycles. The van der Waals surface area contributed by atoms with Crippen molar-refractivity contribution in [1.82, 2.24) is 20.4 Å². The van der Waals surface area contributed by atoms with Crippen LogP contribution in [0.5, 0.6) is 0 Å². The van der Waals surface area contributed by atoms with Crippen molar-refractivity contribution in [1.29, 1.82) is 0 Å². The number of imide groups is 1. The fourth-order valence-corrected chi connectivity index (χ4v) is 4.41. The van der Waals surface area contributed by atoms with Crippen LogP contribution < -0.4 is 10.6 Å². The molecule has 2 atom stereocenters. The van der Waals surface area contributed by atoms with Crippen LogP contribution in [0.1, 0.15) is 130 Å². The SMILES string of the molecule is CCCCCCCCCC(C)NCN1CC(=O)N(CNC(C)CCCCCCCCC)C1=O. The zero-order valence-electron chi connectivity index (χ0n) is 22.3. The molecule has 2 unspecified atom stereocenters. The van der Waals surface area contributed by atoms with Crippen LogP contribution in [0, 0.1) is 0 Å². The monoisotopic (exact) mass is 466 g/mol. The fraction of sp³-hybridized carbons (Fsp3) is 0.926. The average molecular weight is 467 g/mol. The zero-order chi connectivity index (χ0) is 24.3. The van der Waals surface area contributed by atoms with Gasteiger partial charge in [-0.1, -0.05) is 104 Å². The van der Waals surface area contributed by atoms with Gasteiger partial charge in [0, 0.05) is 12.1 Å². The van der Waals surface area contributed by atoms with Crippen molar-refractivity contribution in [2.45, 2.75) is 143 Å². The molecular formula is C27H54N4O2. The molecule has 6 nitrogen and oxygen atoms in total. The molecule has 3 amide bonds. The molecule has 6 heteroatoms. The maximum Gasteiger partial charge on any atom is 0.329 e. The Labute approximate surface area is 204 Å². The summed E-state index contributed by atoms with van der Waals surface area (Å²) in [4.78, 5) is 28.0. The summed E-state index contributed by atoms with van der Waals surface area (Å²) in [5.41, 5.74) is 0. The largest absolute Gasteiger partial charge is 0.329 e. The third-order valence-electron chi connectivity index (χ3n) is 6.84. The van der Waals surface area contributed by atoms with Crippen molar-refractivity contribution in [2.75, 3.05) is 19.9 Å². The van der Waals surface area contributed by atoms with Crippen LogP contribution in [-0.2, 0) is 4.79 Å². The summed E-state index contributed by atoms with van der Waals surface area (Å²) in [5, 5.41) is 6.80. The highest BCUT2D eigenvalue weighted by molar-refractivity contribution is 6.01. The molecule has 0 bridgehead atoms. The van der Waals surface area contributed by atoms with Crippen LogP contribution in [0.15, 0.2) is 0 Å². The van der Waals surface area contributed by atoms with Gasteiger partial charge in [-0.05, 0) is 26.7 Å². The number of carbonyl (C=O) groups excluding carboxylic acids is 2. The Morgan fingerprint density at radius 2 is 1.09 bits per heavy atom. The maximum atomic E-state index is 12.7. The first-order chi connectivity index (χ1) is 16.0. The smallest absolute Gasteiger partial charge is 0.302 e. The van der Waals surface area contributed by atoms with Crippen molar-refractivity contribution >= 4 is 11.9 Å². The molecule has 0 radical (unpaired) electrons. The van der Waals surface area contributed by atoms with E-state index in [0.717, 1.165) is 12.8 Å². The predicted molar refractivity (Wildman–Crippen MR) is 139 cm³/mol. The second kappa shape index (κ2) is 19.2. The number of urea groups is 1. The maximum absolute atomic E-state index is 12.7. The first-order valence-corrected chi connectivity index (χ1v) is 14.1. The summed E-state index contributed by atoms with van der Waals surface area (Å²) in [6, 6.07) is 0.499. The number of hydrogen-bond acceptors (Lipinski definition) is 4. The quantitative estimate of drug-likeness (QED) is 0.143. The van der Waals surface area contributed by atoms with Crippen molar-refractivity contribution in [3.05, 3.63) is 0 Å². The van der Waals surface area contributed by atoms with E-state index >= 15 is 0 Å². The third kappa shape index (κ3) is 14.0. The molecule has 1 rings (SSSR count). The minimum atomic E-state index is -0.175. The molecule has 0 spiro atoms. The van der Waals surface area contributed by atoms with Crippen molar-refractivity contribution in [3.8, 4) is 0 Å². The molecule has 33 heavy (non-hydrogen) atoms. The number of nitrogens with one attached hydrogen (secondary N) is 2. The van der Waals surface area contributed by atoms with Gasteiger partial charge >= 0.3 is 6.03 Å². The van der Waals surface area contributed by atoms with Gasteiger partial charge < -0.3 is 4.90 Å². The van der Waals surface area contributed by atoms with Gasteiger partial charge in [0.15, 0.2) is 0 Å². The molecular weight excluding hydrogens is 412 g/mol. The van der Waals surface area contributed by atoms with Gasteiger partial charge in [0.05, 0.1) is 13.3 Å². The summed E-state index contributed by atoms with van der Waals surface area (Å²) < 4.78 is 0. The van der Waals surface area contributed by atoms with Crippen LogP contribution in [0.25, 0.3) is 0 Å². The number of nitrogens with zero attached hydrogens (tertiary/aromatic N) is 2. The lowest BCUT2D eigenvalue weighted by atomic mass is 10.1. The second-order valence-corrected chi connectivity index (χ2v) is 10.1. The highest BCUT2D eigenvalue weighted by Crippen LogP contribution is 2.13. The van der Waals surface area contributed by atoms with E-state index in [-0.39, 0.29) is 18.5 Å². The van der Waals surface area contributed by atoms with Gasteiger partial charge in [-0.2, -0.15) is 0 Å². The molecule has 1 saturated heterocycles. The third-order valence-corrected chi connectivity index (χ3v) is 6.84. The van der Waals surface area contributed by atoms with Crippen LogP contribution in [0.4, 0.5) is 4.79 Å². The lowest BCUT2D eigenvalue weighted by Gasteiger charge is -2.22. The predicted octanol–water partition coefficient (Wildman–Crippen LogP) is 6.40. The van der Waals surface area contributed by atoms with E-state index < -0.39 is 0 Å². The number of rotatable bonds is 22. The van der Waals surface area contributed by atoms with E-state index in [1.54, 1.807) is 4.90 Å². The highest BCUT2D eigenvalue weighted by Gasteiger charge is 2.35. The van der Waals surface area contributed by atoms with Gasteiger partial charge in [0.25, 0.3) is 5.91 Å². The minimum absolute atomic E-state index is 0.0999. The molecule has 1 aliphatic rings. The Bertz CT molecular complexity index is 514. The standard InChI is InChI=1S/C27H54N4O2/c1-5-7-9-11-13-15-17-19-24(3)28-22-30-21-26(32)31(27(30)33)23-29-25(4)20-18-16-14-12-10-8-6-2/h24-25,28-29H,5-23H2,1-4H3. The average Bonchev–Trinajstić information content (AvgIpc) is 3.07. The van der Waals surface area contributed by atoms with Crippen molar-refractivity contribution < 1.29 is 9.59 Å². The molecule has 194 valence electrons. The van der Waals surface area contributed by atoms with Crippen LogP contribution in [-0.4, -0.2) is 53.7 Å². The van der Waals surface area contributed by atoms with E-state index in [0.29, 0.717) is 25.4 Å². The summed E-state index contributed by atoms with van der Waals surface area (Å²) in [5.74, 6) is -0.0999. The molecule has 2 N–H and O–H groups in total. The first-order valence-electron chi connectivity index (χ1n) is 14.1. The molecule has 0 aromatic rings. The normalized spacial score (nSPS) is 16.1. The number of carbonyl (C=O) groups is 2. The second-order valence-electron chi connectivity index (χ2n) is 10.1. The molecule has 0 aliphatic carbocycles. The van der Waals surface area contributed by atoms with Crippen molar-refractivity contribution in [2.24, 2.45) is 0 Å². The van der Waals surface area contributed by atoms with Crippen molar-refractivity contribution in [3.63, 3.8) is 0 Å². The van der Waals surface area contributed by atoms with Crippen LogP contribution in [0.3, 0.4) is 0 Å². The van der Waals surface area contributed by atoms with E-state index in [1.807, 2.05) is 0 Å². The highest BCUT2D eigenvalue weighted by atomic mass is 16.2. The summed E-state index contributed by atoms with van der Waals surface area (Å²) in [7, 11) is 0. The Kier molecular flexibility index (Phi) is 17.4. The molecule has 0 aromatic carbocycles. The zero-order valence-corrected chi connectivity index (χ0v) is 22.3. The Hall–Kier alpha value is -1.14. The number of unbranched alkanes of at least 4 members (excludes halogenated alkanes) is 12. The lowest BCUT2D eigenvalue weighted by Crippen LogP contribution is -2.44. The lowest BCUT2D eigenvalue weighted by molar-refractivity contribution is -0.125. The van der Waals surface area contributed by atoms with Gasteiger partial charge in [0.1, 0.15) is 6.54 Å². The summed E-state index contributed by atoms with van der Waals surface area (Å²) >= 11 is 0. The molecule has 1 aliphatic heterocycles. The Morgan fingerprint density at radius 3 is 1.58 bits per heavy atom. The van der Waals surface area contributed by atoms with E-state index in [1.165, 1.54) is 94.8 Å². The first kappa shape index (κ1) is 29.9. The molecule has 0 saturated carbocycles. The summed E-state index contributed by atoms with van der Waals surface area (Å²) in [6.07, 6.45) is 20.5. The van der Waals surface area contributed by atoms with E-state index in [4.69, 9.17) is 0 Å². The summed E-state index contributed by atoms with van der Waals surface area (Å²) in [6.45, 7) is 9.77. The Morgan fingerprint density at radius 1 is 0.667 bits per heavy atom. The Balaban J connectivity index is 2.14. The van der Waals surface area contributed by atoms with Crippen LogP contribution in [0.2, 0.25) is 0 Å². The minimum Gasteiger partial charge on any atom is -0.302 e. The van der Waals surface area contributed by atoms with E-state index in [2.05, 4.69) is 38.3 Å². The van der Waals surface area contributed by atoms with Crippen LogP contribution >= 0.6 is 0 Å². The van der Waals surface area contributed by atoms with Gasteiger partial charge in [-0.3, -0.25) is 15.4 Å². The molecule has 1 fully saturated rings. The van der Waals surface area contributed by atoms with E-state index in [9.17, 15) is 9.59 Å². The van der Waals surface area contributed by atoms with Gasteiger partial charge in [0.2, 0.25) is 0 Å². The number of hydrogen-bond donors (Lipinski definition) is 2. The van der Waals surface area contributed by atoms with Gasteiger partial charge in [-0.15, -0.1) is 0 Å². The topological polar surface area (TPSA) is 64.7 Å². The fourth-order valence-electron chi connectivity index (χ4n) is 4.41. The molecule has 0 aromatic heterocycles. The van der Waals surface area contributed by atoms with Gasteiger partial charge in [-0.25, -0.2) is 9.69 Å². The number of amides is 3.